The maximum absolute atomic E-state index is 12.3. The zero-order valence-corrected chi connectivity index (χ0v) is 18.2. The molecular weight excluding hydrogens is 444 g/mol. The minimum absolute atomic E-state index is 0.140. The summed E-state index contributed by atoms with van der Waals surface area (Å²) in [5, 5.41) is 5.72. The first kappa shape index (κ1) is 21.6. The van der Waals surface area contributed by atoms with Crippen LogP contribution >= 0.6 is 15.9 Å². The minimum Gasteiger partial charge on any atom is -0.481 e. The molecule has 5 nitrogen and oxygen atoms in total. The maximum Gasteiger partial charge on any atom is 0.265 e. The fourth-order valence-electron chi connectivity index (χ4n) is 2.79. The highest BCUT2D eigenvalue weighted by Gasteiger charge is 2.15. The van der Waals surface area contributed by atoms with E-state index in [0.29, 0.717) is 23.5 Å². The van der Waals surface area contributed by atoms with Crippen molar-refractivity contribution in [1.29, 1.82) is 0 Å². The van der Waals surface area contributed by atoms with Crippen LogP contribution in [0.4, 0.5) is 5.69 Å². The molecule has 154 valence electrons. The second-order valence-electron chi connectivity index (χ2n) is 6.77. The summed E-state index contributed by atoms with van der Waals surface area (Å²) in [4.78, 5) is 24.6. The first-order valence-corrected chi connectivity index (χ1v) is 10.5. The lowest BCUT2D eigenvalue weighted by atomic mass is 10.1. The molecule has 2 N–H and O–H groups in total. The number of anilines is 1. The van der Waals surface area contributed by atoms with Crippen LogP contribution < -0.4 is 15.4 Å². The van der Waals surface area contributed by atoms with E-state index < -0.39 is 6.10 Å². The number of halogens is 1. The summed E-state index contributed by atoms with van der Waals surface area (Å²) in [7, 11) is 0. The number of carbonyl (C=O) groups excluding carboxylic acids is 2. The molecule has 0 unspecified atom stereocenters. The summed E-state index contributed by atoms with van der Waals surface area (Å²) >= 11 is 3.36. The summed E-state index contributed by atoms with van der Waals surface area (Å²) in [6.45, 7) is 2.24. The fourth-order valence-corrected chi connectivity index (χ4v) is 3.05. The van der Waals surface area contributed by atoms with E-state index in [4.69, 9.17) is 4.74 Å². The number of hydrogen-bond donors (Lipinski definition) is 2. The van der Waals surface area contributed by atoms with Gasteiger partial charge in [-0.25, -0.2) is 0 Å². The highest BCUT2D eigenvalue weighted by molar-refractivity contribution is 9.10. The Labute approximate surface area is 184 Å². The average Bonchev–Trinajstić information content (AvgIpc) is 2.76. The van der Waals surface area contributed by atoms with E-state index in [1.54, 1.807) is 43.3 Å². The van der Waals surface area contributed by atoms with E-state index in [9.17, 15) is 9.59 Å². The summed E-state index contributed by atoms with van der Waals surface area (Å²) in [6, 6.07) is 24.1. The molecule has 3 aromatic rings. The largest absolute Gasteiger partial charge is 0.481 e. The molecule has 0 saturated carbocycles. The molecule has 6 heteroatoms. The van der Waals surface area contributed by atoms with Gasteiger partial charge in [-0.1, -0.05) is 46.3 Å². The lowest BCUT2D eigenvalue weighted by molar-refractivity contribution is -0.122. The Morgan fingerprint density at radius 3 is 2.27 bits per heavy atom. The lowest BCUT2D eigenvalue weighted by Gasteiger charge is -2.15. The molecule has 3 aromatic carbocycles. The van der Waals surface area contributed by atoms with Gasteiger partial charge in [0, 0.05) is 22.3 Å². The van der Waals surface area contributed by atoms with Gasteiger partial charge < -0.3 is 15.4 Å². The highest BCUT2D eigenvalue weighted by Crippen LogP contribution is 2.17. The van der Waals surface area contributed by atoms with Crippen molar-refractivity contribution in [1.82, 2.24) is 5.32 Å². The van der Waals surface area contributed by atoms with Crippen molar-refractivity contribution >= 4 is 33.4 Å². The van der Waals surface area contributed by atoms with Crippen molar-refractivity contribution in [2.75, 3.05) is 11.9 Å². The molecule has 2 amide bonds. The van der Waals surface area contributed by atoms with Gasteiger partial charge in [-0.15, -0.1) is 0 Å². The smallest absolute Gasteiger partial charge is 0.265 e. The van der Waals surface area contributed by atoms with E-state index in [-0.39, 0.29) is 11.8 Å². The van der Waals surface area contributed by atoms with E-state index in [2.05, 4.69) is 26.6 Å². The van der Waals surface area contributed by atoms with Gasteiger partial charge in [-0.2, -0.15) is 0 Å². The highest BCUT2D eigenvalue weighted by atomic mass is 79.9. The molecule has 0 bridgehead atoms. The summed E-state index contributed by atoms with van der Waals surface area (Å²) in [5.74, 6) is 0.132. The molecule has 0 aromatic heterocycles. The van der Waals surface area contributed by atoms with E-state index >= 15 is 0 Å². The van der Waals surface area contributed by atoms with Crippen LogP contribution in [0.2, 0.25) is 0 Å². The maximum atomic E-state index is 12.3. The average molecular weight is 467 g/mol. The first-order valence-electron chi connectivity index (χ1n) is 9.66. The Morgan fingerprint density at radius 2 is 1.60 bits per heavy atom. The summed E-state index contributed by atoms with van der Waals surface area (Å²) in [5.41, 5.74) is 2.42. The molecule has 0 spiro atoms. The normalized spacial score (nSPS) is 11.4. The Morgan fingerprint density at radius 1 is 0.933 bits per heavy atom. The summed E-state index contributed by atoms with van der Waals surface area (Å²) in [6.07, 6.45) is 0.0953. The van der Waals surface area contributed by atoms with E-state index in [0.717, 1.165) is 10.9 Å². The van der Waals surface area contributed by atoms with Gasteiger partial charge >= 0.3 is 0 Å². The Bertz CT molecular complexity index is 974. The SMILES string of the molecule is C[C@@H](Oc1ccc(C(=O)NCCc2ccccc2)cc1)C(=O)Nc1ccc(Br)cc1. The van der Waals surface area contributed by atoms with Crippen molar-refractivity contribution < 1.29 is 14.3 Å². The second-order valence-corrected chi connectivity index (χ2v) is 7.69. The van der Waals surface area contributed by atoms with Gasteiger partial charge in [0.25, 0.3) is 11.8 Å². The summed E-state index contributed by atoms with van der Waals surface area (Å²) < 4.78 is 6.63. The number of amides is 2. The number of carbonyl (C=O) groups is 2. The van der Waals surface area contributed by atoms with E-state index in [1.807, 2.05) is 42.5 Å². The zero-order valence-electron chi connectivity index (χ0n) is 16.6. The van der Waals surface area contributed by atoms with Gasteiger partial charge in [-0.3, -0.25) is 9.59 Å². The van der Waals surface area contributed by atoms with E-state index in [1.165, 1.54) is 5.56 Å². The molecular formula is C24H23BrN2O3. The Hall–Kier alpha value is -3.12. The van der Waals surface area contributed by atoms with Crippen LogP contribution in [0.1, 0.15) is 22.8 Å². The number of ether oxygens (including phenoxy) is 1. The first-order chi connectivity index (χ1) is 14.5. The lowest BCUT2D eigenvalue weighted by Crippen LogP contribution is -2.30. The third-order valence-electron chi connectivity index (χ3n) is 4.45. The minimum atomic E-state index is -0.681. The van der Waals surface area contributed by atoms with Crippen LogP contribution in [-0.2, 0) is 11.2 Å². The topological polar surface area (TPSA) is 67.4 Å². The van der Waals surface area contributed by atoms with Crippen LogP contribution in [0.15, 0.2) is 83.3 Å². The number of nitrogens with one attached hydrogen (secondary N) is 2. The fraction of sp³-hybridized carbons (Fsp3) is 0.167. The van der Waals surface area contributed by atoms with Crippen LogP contribution in [0.5, 0.6) is 5.75 Å². The molecule has 1 atom stereocenters. The standard InChI is InChI=1S/C24H23BrN2O3/c1-17(23(28)27-21-11-9-20(25)10-12-21)30-22-13-7-19(8-14-22)24(29)26-16-15-18-5-3-2-4-6-18/h2-14,17H,15-16H2,1H3,(H,26,29)(H,27,28)/t17-/m1/s1. The second kappa shape index (κ2) is 10.6. The number of benzene rings is 3. The van der Waals surface area contributed by atoms with Gasteiger partial charge in [0.1, 0.15) is 5.75 Å². The monoisotopic (exact) mass is 466 g/mol. The van der Waals surface area contributed by atoms with Crippen LogP contribution in [0, 0.1) is 0 Å². The van der Waals surface area contributed by atoms with Gasteiger partial charge in [-0.05, 0) is 67.4 Å². The van der Waals surface area contributed by atoms with Crippen LogP contribution in [0.3, 0.4) is 0 Å². The molecule has 0 aliphatic rings. The molecule has 3 rings (SSSR count). The number of rotatable bonds is 8. The van der Waals surface area contributed by atoms with Crippen molar-refractivity contribution in [2.24, 2.45) is 0 Å². The van der Waals surface area contributed by atoms with Crippen molar-refractivity contribution in [3.8, 4) is 5.75 Å². The van der Waals surface area contributed by atoms with Crippen LogP contribution in [0.25, 0.3) is 0 Å². The third kappa shape index (κ3) is 6.46. The zero-order chi connectivity index (χ0) is 21.3. The molecule has 0 fully saturated rings. The Balaban J connectivity index is 1.47. The molecule has 0 heterocycles. The van der Waals surface area contributed by atoms with Crippen molar-refractivity contribution in [3.05, 3.63) is 94.5 Å². The molecule has 30 heavy (non-hydrogen) atoms. The molecule has 0 aliphatic heterocycles. The van der Waals surface area contributed by atoms with Gasteiger partial charge in [0.05, 0.1) is 0 Å². The quantitative estimate of drug-likeness (QED) is 0.499. The molecule has 0 aliphatic carbocycles. The van der Waals surface area contributed by atoms with Gasteiger partial charge in [0.2, 0.25) is 0 Å². The predicted octanol–water partition coefficient (Wildman–Crippen LogP) is 4.83. The van der Waals surface area contributed by atoms with Gasteiger partial charge in [0.15, 0.2) is 6.10 Å². The number of hydrogen-bond acceptors (Lipinski definition) is 3. The Kier molecular flexibility index (Phi) is 7.63. The van der Waals surface area contributed by atoms with Crippen molar-refractivity contribution in [2.45, 2.75) is 19.4 Å². The third-order valence-corrected chi connectivity index (χ3v) is 4.98. The van der Waals surface area contributed by atoms with Crippen LogP contribution in [-0.4, -0.2) is 24.5 Å². The molecule has 0 radical (unpaired) electrons. The molecule has 0 saturated heterocycles. The predicted molar refractivity (Wildman–Crippen MR) is 122 cm³/mol. The van der Waals surface area contributed by atoms with Crippen molar-refractivity contribution in [3.63, 3.8) is 0 Å².